The Kier molecular flexibility index (Phi) is 3.85. The van der Waals surface area contributed by atoms with E-state index in [2.05, 4.69) is 11.1 Å². The molecule has 0 aliphatic heterocycles. The molecule has 0 spiro atoms. The summed E-state index contributed by atoms with van der Waals surface area (Å²) in [6.07, 6.45) is 3.76. The summed E-state index contributed by atoms with van der Waals surface area (Å²) in [6, 6.07) is 6.02. The van der Waals surface area contributed by atoms with Crippen LogP contribution in [0, 0.1) is 6.92 Å². The predicted octanol–water partition coefficient (Wildman–Crippen LogP) is 3.40. The lowest BCUT2D eigenvalue weighted by atomic mass is 10.1. The first-order chi connectivity index (χ1) is 10.6. The van der Waals surface area contributed by atoms with Crippen molar-refractivity contribution in [1.82, 2.24) is 9.38 Å². The molecule has 0 atom stereocenters. The summed E-state index contributed by atoms with van der Waals surface area (Å²) in [5.74, 6) is -0.0216. The van der Waals surface area contributed by atoms with Gasteiger partial charge in [0.05, 0.1) is 18.7 Å². The summed E-state index contributed by atoms with van der Waals surface area (Å²) in [7, 11) is 0. The summed E-state index contributed by atoms with van der Waals surface area (Å²) < 4.78 is 7.54. The highest BCUT2D eigenvalue weighted by Gasteiger charge is 2.13. The Labute approximate surface area is 131 Å². The number of carboxylic acid groups (broad SMARTS) is 1. The van der Waals surface area contributed by atoms with Crippen LogP contribution in [0.2, 0.25) is 0 Å². The summed E-state index contributed by atoms with van der Waals surface area (Å²) in [4.78, 5) is 16.9. The second-order valence-corrected chi connectivity index (χ2v) is 6.11. The molecule has 3 aromatic rings. The number of aliphatic carboxylic acids is 1. The van der Waals surface area contributed by atoms with E-state index in [4.69, 9.17) is 9.84 Å². The largest absolute Gasteiger partial charge is 0.493 e. The van der Waals surface area contributed by atoms with E-state index in [9.17, 15) is 4.79 Å². The first kappa shape index (κ1) is 14.6. The molecule has 6 heteroatoms. The molecule has 1 aromatic carbocycles. The van der Waals surface area contributed by atoms with Gasteiger partial charge in [0.1, 0.15) is 5.75 Å². The van der Waals surface area contributed by atoms with Gasteiger partial charge in [0.25, 0.3) is 0 Å². The maximum atomic E-state index is 10.8. The van der Waals surface area contributed by atoms with Gasteiger partial charge in [-0.25, -0.2) is 4.98 Å². The van der Waals surface area contributed by atoms with Gasteiger partial charge in [0, 0.05) is 22.8 Å². The van der Waals surface area contributed by atoms with Crippen molar-refractivity contribution in [2.24, 2.45) is 0 Å². The average molecular weight is 316 g/mol. The van der Waals surface area contributed by atoms with Gasteiger partial charge in [-0.3, -0.25) is 9.20 Å². The summed E-state index contributed by atoms with van der Waals surface area (Å²) in [6.45, 7) is 4.58. The van der Waals surface area contributed by atoms with Crippen molar-refractivity contribution in [3.05, 3.63) is 41.0 Å². The third-order valence-electron chi connectivity index (χ3n) is 3.24. The Morgan fingerprint density at radius 3 is 2.91 bits per heavy atom. The van der Waals surface area contributed by atoms with E-state index >= 15 is 0 Å². The minimum atomic E-state index is -0.831. The van der Waals surface area contributed by atoms with E-state index in [1.807, 2.05) is 42.8 Å². The second kappa shape index (κ2) is 5.81. The lowest BCUT2D eigenvalue weighted by molar-refractivity contribution is -0.136. The van der Waals surface area contributed by atoms with Crippen molar-refractivity contribution in [2.45, 2.75) is 20.3 Å². The van der Waals surface area contributed by atoms with E-state index in [0.29, 0.717) is 6.61 Å². The van der Waals surface area contributed by atoms with Gasteiger partial charge in [-0.1, -0.05) is 11.6 Å². The van der Waals surface area contributed by atoms with Crippen molar-refractivity contribution in [1.29, 1.82) is 0 Å². The second-order valence-electron chi connectivity index (χ2n) is 5.02. The molecule has 2 heterocycles. The molecule has 0 bridgehead atoms. The number of aromatic nitrogens is 2. The van der Waals surface area contributed by atoms with Crippen molar-refractivity contribution >= 4 is 22.3 Å². The number of nitrogens with zero attached hydrogens (tertiary/aromatic N) is 2. The van der Waals surface area contributed by atoms with Crippen LogP contribution in [0.25, 0.3) is 16.2 Å². The van der Waals surface area contributed by atoms with Gasteiger partial charge in [-0.15, -0.1) is 11.3 Å². The zero-order valence-corrected chi connectivity index (χ0v) is 13.2. The quantitative estimate of drug-likeness (QED) is 0.783. The molecule has 0 saturated heterocycles. The van der Waals surface area contributed by atoms with Crippen molar-refractivity contribution < 1.29 is 14.6 Å². The third kappa shape index (κ3) is 2.82. The molecule has 0 unspecified atom stereocenters. The van der Waals surface area contributed by atoms with Crippen molar-refractivity contribution in [3.63, 3.8) is 0 Å². The Morgan fingerprint density at radius 2 is 2.23 bits per heavy atom. The van der Waals surface area contributed by atoms with E-state index in [1.54, 1.807) is 0 Å². The third-order valence-corrected chi connectivity index (χ3v) is 4.24. The molecule has 5 nitrogen and oxygen atoms in total. The molecule has 3 rings (SSSR count). The number of aryl methyl sites for hydroxylation is 1. The molecule has 114 valence electrons. The molecular weight excluding hydrogens is 300 g/mol. The van der Waals surface area contributed by atoms with Crippen molar-refractivity contribution in [3.8, 4) is 17.0 Å². The standard InChI is InChI=1S/C16H16N2O3S/c1-3-21-14-5-4-10(2)6-12(14)13-9-18-8-11(7-15(19)20)22-16(18)17-13/h4-6,8-9H,3,7H2,1-2H3,(H,19,20). The Morgan fingerprint density at radius 1 is 1.41 bits per heavy atom. The number of fused-ring (bicyclic) bond motifs is 1. The first-order valence-corrected chi connectivity index (χ1v) is 7.81. The number of hydrogen-bond acceptors (Lipinski definition) is 4. The van der Waals surface area contributed by atoms with Crippen LogP contribution < -0.4 is 4.74 Å². The van der Waals surface area contributed by atoms with Gasteiger partial charge in [-0.2, -0.15) is 0 Å². The normalized spacial score (nSPS) is 11.0. The van der Waals surface area contributed by atoms with Gasteiger partial charge in [0.15, 0.2) is 4.96 Å². The van der Waals surface area contributed by atoms with Crippen LogP contribution in [0.4, 0.5) is 0 Å². The lowest BCUT2D eigenvalue weighted by Crippen LogP contribution is -1.97. The zero-order chi connectivity index (χ0) is 15.7. The summed E-state index contributed by atoms with van der Waals surface area (Å²) >= 11 is 1.39. The smallest absolute Gasteiger partial charge is 0.308 e. The number of imidazole rings is 1. The SMILES string of the molecule is CCOc1ccc(C)cc1-c1cn2cc(CC(=O)O)sc2n1. The van der Waals surface area contributed by atoms with Crippen LogP contribution in [0.15, 0.2) is 30.6 Å². The maximum absolute atomic E-state index is 10.8. The molecule has 1 N–H and O–H groups in total. The van der Waals surface area contributed by atoms with Crippen molar-refractivity contribution in [2.75, 3.05) is 6.61 Å². The zero-order valence-electron chi connectivity index (χ0n) is 12.4. The molecule has 0 saturated carbocycles. The molecule has 0 aliphatic rings. The van der Waals surface area contributed by atoms with Gasteiger partial charge < -0.3 is 9.84 Å². The van der Waals surface area contributed by atoms with Crippen LogP contribution in [0.5, 0.6) is 5.75 Å². The van der Waals surface area contributed by atoms with E-state index in [0.717, 1.165) is 32.4 Å². The fourth-order valence-electron chi connectivity index (χ4n) is 2.33. The molecule has 0 radical (unpaired) electrons. The fraction of sp³-hybridized carbons (Fsp3) is 0.250. The highest BCUT2D eigenvalue weighted by atomic mass is 32.1. The topological polar surface area (TPSA) is 63.8 Å². The van der Waals surface area contributed by atoms with Crippen LogP contribution in [0.1, 0.15) is 17.4 Å². The number of ether oxygens (including phenoxy) is 1. The number of rotatable bonds is 5. The van der Waals surface area contributed by atoms with E-state index in [1.165, 1.54) is 11.3 Å². The first-order valence-electron chi connectivity index (χ1n) is 7.00. The van der Waals surface area contributed by atoms with Crippen LogP contribution in [-0.2, 0) is 11.2 Å². The summed E-state index contributed by atoms with van der Waals surface area (Å²) in [5.41, 5.74) is 2.93. The molecule has 2 aromatic heterocycles. The average Bonchev–Trinajstić information content (AvgIpc) is 2.98. The molecule has 0 fully saturated rings. The van der Waals surface area contributed by atoms with Crippen LogP contribution in [-0.4, -0.2) is 27.1 Å². The lowest BCUT2D eigenvalue weighted by Gasteiger charge is -2.09. The minimum absolute atomic E-state index is 0.0258. The number of carboxylic acids is 1. The highest BCUT2D eigenvalue weighted by molar-refractivity contribution is 7.17. The van der Waals surface area contributed by atoms with E-state index < -0.39 is 5.97 Å². The van der Waals surface area contributed by atoms with Gasteiger partial charge in [-0.05, 0) is 26.0 Å². The minimum Gasteiger partial charge on any atom is -0.493 e. The van der Waals surface area contributed by atoms with Gasteiger partial charge >= 0.3 is 5.97 Å². The Balaban J connectivity index is 2.01. The number of carbonyl (C=O) groups is 1. The molecular formula is C16H16N2O3S. The monoisotopic (exact) mass is 316 g/mol. The predicted molar refractivity (Wildman–Crippen MR) is 85.8 cm³/mol. The summed E-state index contributed by atoms with van der Waals surface area (Å²) in [5, 5.41) is 8.85. The van der Waals surface area contributed by atoms with Gasteiger partial charge in [0.2, 0.25) is 0 Å². The maximum Gasteiger partial charge on any atom is 0.308 e. The molecule has 22 heavy (non-hydrogen) atoms. The number of hydrogen-bond donors (Lipinski definition) is 1. The number of thiazole rings is 1. The van der Waals surface area contributed by atoms with Crippen LogP contribution >= 0.6 is 11.3 Å². The van der Waals surface area contributed by atoms with E-state index in [-0.39, 0.29) is 6.42 Å². The molecule has 0 amide bonds. The Hall–Kier alpha value is -2.34. The van der Waals surface area contributed by atoms with Crippen LogP contribution in [0.3, 0.4) is 0 Å². The Bertz CT molecular complexity index is 804. The fourth-order valence-corrected chi connectivity index (χ4v) is 3.28. The molecule has 0 aliphatic carbocycles. The number of benzene rings is 1. The highest BCUT2D eigenvalue weighted by Crippen LogP contribution is 2.32.